The van der Waals surface area contributed by atoms with Gasteiger partial charge in [-0.3, -0.25) is 9.59 Å². The van der Waals surface area contributed by atoms with Crippen LogP contribution in [0.3, 0.4) is 0 Å². The number of carboxylic acid groups (broad SMARTS) is 1. The molecule has 0 spiro atoms. The molecule has 5 rings (SSSR count). The summed E-state index contributed by atoms with van der Waals surface area (Å²) >= 11 is 0. The van der Waals surface area contributed by atoms with Crippen molar-refractivity contribution >= 4 is 18.0 Å². The lowest BCUT2D eigenvalue weighted by Gasteiger charge is -2.26. The maximum Gasteiger partial charge on any atom is 0.407 e. The highest BCUT2D eigenvalue weighted by atomic mass is 16.6. The zero-order valence-electron chi connectivity index (χ0n) is 19.7. The fourth-order valence-electron chi connectivity index (χ4n) is 5.63. The van der Waals surface area contributed by atoms with E-state index >= 15 is 0 Å². The Morgan fingerprint density at radius 1 is 1.11 bits per heavy atom. The van der Waals surface area contributed by atoms with Crippen LogP contribution >= 0.6 is 0 Å². The van der Waals surface area contributed by atoms with Crippen LogP contribution < -0.4 is 5.32 Å². The number of ether oxygens (including phenoxy) is 2. The Hall–Kier alpha value is -3.39. The summed E-state index contributed by atoms with van der Waals surface area (Å²) in [5.41, 5.74) is 3.66. The van der Waals surface area contributed by atoms with Crippen LogP contribution in [0, 0.1) is 5.41 Å². The normalized spacial score (nSPS) is 25.2. The third-order valence-corrected chi connectivity index (χ3v) is 7.78. The highest BCUT2D eigenvalue weighted by Crippen LogP contribution is 2.44. The van der Waals surface area contributed by atoms with Crippen LogP contribution in [0.5, 0.6) is 0 Å². The molecule has 2 fully saturated rings. The van der Waals surface area contributed by atoms with E-state index in [-0.39, 0.29) is 25.0 Å². The maximum absolute atomic E-state index is 13.1. The summed E-state index contributed by atoms with van der Waals surface area (Å²) in [6.07, 6.45) is -0.0559. The Bertz CT molecular complexity index is 1100. The summed E-state index contributed by atoms with van der Waals surface area (Å²) in [5, 5.41) is 12.4. The molecule has 8 nitrogen and oxygen atoms in total. The first-order chi connectivity index (χ1) is 16.9. The van der Waals surface area contributed by atoms with E-state index < -0.39 is 29.6 Å². The van der Waals surface area contributed by atoms with Gasteiger partial charge in [0.05, 0.1) is 11.5 Å². The van der Waals surface area contributed by atoms with Crippen LogP contribution in [0.25, 0.3) is 11.1 Å². The number of benzene rings is 2. The van der Waals surface area contributed by atoms with Crippen molar-refractivity contribution in [1.82, 2.24) is 10.2 Å². The van der Waals surface area contributed by atoms with Gasteiger partial charge >= 0.3 is 12.1 Å². The fourth-order valence-corrected chi connectivity index (χ4v) is 5.63. The molecule has 3 aliphatic rings. The van der Waals surface area contributed by atoms with E-state index in [1.54, 1.807) is 4.90 Å². The van der Waals surface area contributed by atoms with Crippen LogP contribution in [0.1, 0.15) is 43.2 Å². The summed E-state index contributed by atoms with van der Waals surface area (Å²) in [6, 6.07) is 15.7. The number of carbonyl (C=O) groups is 3. The average Bonchev–Trinajstić information content (AvgIpc) is 3.59. The zero-order chi connectivity index (χ0) is 24.6. The minimum Gasteiger partial charge on any atom is -0.481 e. The molecule has 2 aromatic carbocycles. The molecule has 2 heterocycles. The van der Waals surface area contributed by atoms with Gasteiger partial charge < -0.3 is 24.8 Å². The Kier molecular flexibility index (Phi) is 6.23. The van der Waals surface area contributed by atoms with Gasteiger partial charge in [-0.2, -0.15) is 0 Å². The molecule has 2 aromatic rings. The first-order valence-corrected chi connectivity index (χ1v) is 12.2. The van der Waals surface area contributed by atoms with Gasteiger partial charge in [0.1, 0.15) is 6.61 Å². The molecular formula is C27H30N2O6. The molecule has 1 aliphatic carbocycles. The van der Waals surface area contributed by atoms with Crippen molar-refractivity contribution in [2.45, 2.75) is 44.2 Å². The molecule has 2 saturated heterocycles. The molecule has 0 bridgehead atoms. The minimum atomic E-state index is -0.913. The van der Waals surface area contributed by atoms with Gasteiger partial charge in [-0.05, 0) is 41.5 Å². The lowest BCUT2D eigenvalue weighted by atomic mass is 9.84. The number of nitrogens with one attached hydrogen (secondary N) is 1. The molecule has 3 atom stereocenters. The predicted molar refractivity (Wildman–Crippen MR) is 128 cm³/mol. The van der Waals surface area contributed by atoms with Crippen LogP contribution in [0.4, 0.5) is 4.79 Å². The molecular weight excluding hydrogens is 448 g/mol. The second-order valence-corrected chi connectivity index (χ2v) is 9.61. The molecule has 0 saturated carbocycles. The average molecular weight is 479 g/mol. The van der Waals surface area contributed by atoms with E-state index in [9.17, 15) is 19.5 Å². The number of carbonyl (C=O) groups excluding carboxylic acids is 2. The lowest BCUT2D eigenvalue weighted by molar-refractivity contribution is -0.149. The van der Waals surface area contributed by atoms with Gasteiger partial charge in [0, 0.05) is 25.6 Å². The van der Waals surface area contributed by atoms with Crippen molar-refractivity contribution in [2.75, 3.05) is 26.3 Å². The number of likely N-dealkylation sites (tertiary alicyclic amines) is 1. The van der Waals surface area contributed by atoms with Gasteiger partial charge in [-0.15, -0.1) is 0 Å². The summed E-state index contributed by atoms with van der Waals surface area (Å²) in [7, 11) is 0. The van der Waals surface area contributed by atoms with E-state index in [4.69, 9.17) is 9.47 Å². The molecule has 35 heavy (non-hydrogen) atoms. The Morgan fingerprint density at radius 3 is 2.37 bits per heavy atom. The number of fused-ring (bicyclic) bond motifs is 3. The smallest absolute Gasteiger partial charge is 0.407 e. The SMILES string of the molecule is CCC1(C(=O)O)CCN(C(=O)[C@@H]2OCC[C@@H]2NC(=O)OCC2c3ccccc3-c3ccccc32)C1. The van der Waals surface area contributed by atoms with Crippen molar-refractivity contribution in [3.63, 3.8) is 0 Å². The Labute approximate surface area is 204 Å². The standard InChI is InChI=1S/C27H30N2O6/c1-2-27(25(31)32)12-13-29(16-27)24(30)23-22(11-14-34-23)28-26(33)35-15-21-19-9-5-3-7-17(19)18-8-4-6-10-20(18)21/h3-10,21-23H,2,11-16H2,1H3,(H,28,33)(H,31,32)/t22-,23+,27?/m0/s1. The van der Waals surface area contributed by atoms with Crippen molar-refractivity contribution in [3.8, 4) is 11.1 Å². The first kappa shape index (κ1) is 23.4. The van der Waals surface area contributed by atoms with E-state index in [2.05, 4.69) is 29.6 Å². The van der Waals surface area contributed by atoms with E-state index in [1.165, 1.54) is 0 Å². The molecule has 184 valence electrons. The number of aliphatic carboxylic acids is 1. The van der Waals surface area contributed by atoms with Gasteiger partial charge in [-0.1, -0.05) is 55.5 Å². The van der Waals surface area contributed by atoms with Crippen molar-refractivity contribution in [2.24, 2.45) is 5.41 Å². The molecule has 1 unspecified atom stereocenters. The van der Waals surface area contributed by atoms with Crippen molar-refractivity contribution in [1.29, 1.82) is 0 Å². The molecule has 2 N–H and O–H groups in total. The number of hydrogen-bond acceptors (Lipinski definition) is 5. The maximum atomic E-state index is 13.1. The highest BCUT2D eigenvalue weighted by Gasteiger charge is 2.48. The molecule has 0 aromatic heterocycles. The van der Waals surface area contributed by atoms with Gasteiger partial charge in [0.25, 0.3) is 5.91 Å². The van der Waals surface area contributed by atoms with Crippen LogP contribution in [0.15, 0.2) is 48.5 Å². The molecule has 2 aliphatic heterocycles. The van der Waals surface area contributed by atoms with Gasteiger partial charge in [-0.25, -0.2) is 4.79 Å². The summed E-state index contributed by atoms with van der Waals surface area (Å²) in [4.78, 5) is 39.1. The molecule has 0 radical (unpaired) electrons. The largest absolute Gasteiger partial charge is 0.481 e. The number of alkyl carbamates (subject to hydrolysis) is 1. The quantitative estimate of drug-likeness (QED) is 0.659. The zero-order valence-corrected chi connectivity index (χ0v) is 19.7. The third kappa shape index (κ3) is 4.16. The lowest BCUT2D eigenvalue weighted by Crippen LogP contribution is -2.50. The fraction of sp³-hybridized carbons (Fsp3) is 0.444. The van der Waals surface area contributed by atoms with Crippen molar-refractivity contribution in [3.05, 3.63) is 59.7 Å². The predicted octanol–water partition coefficient (Wildman–Crippen LogP) is 3.40. The van der Waals surface area contributed by atoms with E-state index in [1.807, 2.05) is 31.2 Å². The molecule has 2 amide bonds. The Balaban J connectivity index is 1.21. The second kappa shape index (κ2) is 9.34. The Morgan fingerprint density at radius 2 is 1.77 bits per heavy atom. The topological polar surface area (TPSA) is 105 Å². The van der Waals surface area contributed by atoms with E-state index in [0.717, 1.165) is 22.3 Å². The monoisotopic (exact) mass is 478 g/mol. The second-order valence-electron chi connectivity index (χ2n) is 9.61. The molecule has 8 heteroatoms. The third-order valence-electron chi connectivity index (χ3n) is 7.78. The number of carboxylic acids is 1. The summed E-state index contributed by atoms with van der Waals surface area (Å²) in [5.74, 6) is -1.20. The number of hydrogen-bond donors (Lipinski definition) is 2. The van der Waals surface area contributed by atoms with Crippen molar-refractivity contribution < 1.29 is 29.0 Å². The van der Waals surface area contributed by atoms with Crippen LogP contribution in [-0.2, 0) is 19.1 Å². The first-order valence-electron chi connectivity index (χ1n) is 12.2. The van der Waals surface area contributed by atoms with Crippen LogP contribution in [-0.4, -0.2) is 66.4 Å². The summed E-state index contributed by atoms with van der Waals surface area (Å²) in [6.45, 7) is 2.90. The minimum absolute atomic E-state index is 0.0480. The number of rotatable bonds is 6. The summed E-state index contributed by atoms with van der Waals surface area (Å²) < 4.78 is 11.3. The number of amides is 2. The van der Waals surface area contributed by atoms with Gasteiger partial charge in [0.2, 0.25) is 0 Å². The van der Waals surface area contributed by atoms with E-state index in [0.29, 0.717) is 32.4 Å². The van der Waals surface area contributed by atoms with Crippen LogP contribution in [0.2, 0.25) is 0 Å². The highest BCUT2D eigenvalue weighted by molar-refractivity contribution is 5.85. The van der Waals surface area contributed by atoms with Gasteiger partial charge in [0.15, 0.2) is 6.10 Å². The number of nitrogens with zero attached hydrogens (tertiary/aromatic N) is 1.